The van der Waals surface area contributed by atoms with Gasteiger partial charge in [0.25, 0.3) is 5.60 Å². The fraction of sp³-hybridized carbons (Fsp3) is 0.714. The third-order valence-electron chi connectivity index (χ3n) is 3.09. The number of hydrogen-bond acceptors (Lipinski definition) is 5. The molecule has 19 heavy (non-hydrogen) atoms. The van der Waals surface area contributed by atoms with Crippen molar-refractivity contribution >= 4 is 11.9 Å². The number of allylic oxidation sites excluding steroid dienone is 1. The van der Waals surface area contributed by atoms with Crippen LogP contribution in [-0.4, -0.2) is 35.9 Å². The van der Waals surface area contributed by atoms with Crippen LogP contribution in [0.1, 0.15) is 46.0 Å². The van der Waals surface area contributed by atoms with E-state index in [1.54, 1.807) is 13.8 Å². The average Bonchev–Trinajstić information content (AvgIpc) is 2.40. The molecule has 0 aromatic carbocycles. The summed E-state index contributed by atoms with van der Waals surface area (Å²) in [6, 6.07) is 0. The largest absolute Gasteiger partial charge is 0.463 e. The number of rotatable bonds is 6. The smallest absolute Gasteiger partial charge is 0.350 e. The lowest BCUT2D eigenvalue weighted by Gasteiger charge is -2.25. The minimum Gasteiger partial charge on any atom is -0.463 e. The highest BCUT2D eigenvalue weighted by Gasteiger charge is 2.47. The summed E-state index contributed by atoms with van der Waals surface area (Å²) in [5.74, 6) is -1.86. The molecule has 0 atom stereocenters. The lowest BCUT2D eigenvalue weighted by atomic mass is 9.88. The van der Waals surface area contributed by atoms with Crippen LogP contribution in [0.2, 0.25) is 0 Å². The van der Waals surface area contributed by atoms with Crippen molar-refractivity contribution in [2.24, 2.45) is 0 Å². The van der Waals surface area contributed by atoms with E-state index in [-0.39, 0.29) is 19.6 Å². The molecule has 1 aliphatic rings. The number of aliphatic hydroxyl groups is 1. The van der Waals surface area contributed by atoms with Gasteiger partial charge in [-0.3, -0.25) is 0 Å². The zero-order chi connectivity index (χ0) is 14.3. The van der Waals surface area contributed by atoms with Crippen LogP contribution in [0.15, 0.2) is 11.6 Å². The van der Waals surface area contributed by atoms with E-state index >= 15 is 0 Å². The maximum atomic E-state index is 11.9. The van der Waals surface area contributed by atoms with Gasteiger partial charge in [0.15, 0.2) is 0 Å². The van der Waals surface area contributed by atoms with E-state index in [2.05, 4.69) is 0 Å². The molecule has 0 unspecified atom stereocenters. The van der Waals surface area contributed by atoms with Gasteiger partial charge in [-0.05, 0) is 39.5 Å². The quantitative estimate of drug-likeness (QED) is 0.452. The number of ether oxygens (including phenoxy) is 2. The Morgan fingerprint density at radius 1 is 1.21 bits per heavy atom. The van der Waals surface area contributed by atoms with Crippen molar-refractivity contribution in [2.75, 3.05) is 13.2 Å². The second kappa shape index (κ2) is 7.28. The van der Waals surface area contributed by atoms with Crippen molar-refractivity contribution in [1.29, 1.82) is 0 Å². The van der Waals surface area contributed by atoms with Gasteiger partial charge in [0.05, 0.1) is 13.2 Å². The first-order valence-corrected chi connectivity index (χ1v) is 6.79. The molecule has 1 N–H and O–H groups in total. The van der Waals surface area contributed by atoms with Crippen LogP contribution in [0.5, 0.6) is 0 Å². The zero-order valence-corrected chi connectivity index (χ0v) is 11.6. The van der Waals surface area contributed by atoms with Gasteiger partial charge in [-0.25, -0.2) is 9.59 Å². The summed E-state index contributed by atoms with van der Waals surface area (Å²) < 4.78 is 9.60. The molecule has 0 aliphatic heterocycles. The predicted molar refractivity (Wildman–Crippen MR) is 69.4 cm³/mol. The summed E-state index contributed by atoms with van der Waals surface area (Å²) in [7, 11) is 0. The minimum atomic E-state index is -2.21. The second-order valence-corrected chi connectivity index (χ2v) is 4.59. The van der Waals surface area contributed by atoms with E-state index in [9.17, 15) is 14.7 Å². The molecule has 0 radical (unpaired) electrons. The van der Waals surface area contributed by atoms with Crippen LogP contribution < -0.4 is 0 Å². The van der Waals surface area contributed by atoms with E-state index < -0.39 is 17.5 Å². The summed E-state index contributed by atoms with van der Waals surface area (Å²) >= 11 is 0. The topological polar surface area (TPSA) is 72.8 Å². The molecule has 0 saturated heterocycles. The van der Waals surface area contributed by atoms with Crippen molar-refractivity contribution in [3.8, 4) is 0 Å². The lowest BCUT2D eigenvalue weighted by molar-refractivity contribution is -0.183. The van der Waals surface area contributed by atoms with Crippen LogP contribution in [0.4, 0.5) is 0 Å². The molecule has 1 aliphatic carbocycles. The summed E-state index contributed by atoms with van der Waals surface area (Å²) in [6.45, 7) is 3.48. The molecule has 0 heterocycles. The van der Waals surface area contributed by atoms with Crippen LogP contribution in [0, 0.1) is 0 Å². The normalized spacial score (nSPS) is 15.6. The molecule has 0 spiro atoms. The van der Waals surface area contributed by atoms with Crippen molar-refractivity contribution in [3.05, 3.63) is 11.6 Å². The molecule has 0 amide bonds. The molecule has 1 rings (SSSR count). The number of esters is 2. The summed E-state index contributed by atoms with van der Waals surface area (Å²) in [5.41, 5.74) is -1.30. The number of carbonyl (C=O) groups excluding carboxylic acids is 2. The SMILES string of the molecule is CCOC(=O)C(O)(CC1=CCCCC1)C(=O)OCC. The van der Waals surface area contributed by atoms with Gasteiger partial charge in [0.2, 0.25) is 0 Å². The van der Waals surface area contributed by atoms with Crippen LogP contribution in [0.25, 0.3) is 0 Å². The van der Waals surface area contributed by atoms with Gasteiger partial charge in [0.1, 0.15) is 0 Å². The van der Waals surface area contributed by atoms with Crippen LogP contribution >= 0.6 is 0 Å². The molecule has 5 nitrogen and oxygen atoms in total. The fourth-order valence-corrected chi connectivity index (χ4v) is 2.12. The van der Waals surface area contributed by atoms with E-state index in [4.69, 9.17) is 9.47 Å². The highest BCUT2D eigenvalue weighted by molar-refractivity contribution is 6.03. The Labute approximate surface area is 113 Å². The van der Waals surface area contributed by atoms with Crippen molar-refractivity contribution in [3.63, 3.8) is 0 Å². The van der Waals surface area contributed by atoms with Crippen molar-refractivity contribution in [1.82, 2.24) is 0 Å². The molecule has 0 saturated carbocycles. The molecule has 0 fully saturated rings. The highest BCUT2D eigenvalue weighted by Crippen LogP contribution is 2.27. The molecular formula is C14H22O5. The standard InChI is InChI=1S/C14H22O5/c1-3-18-12(15)14(17,13(16)19-4-2)10-11-8-6-5-7-9-11/h8,17H,3-7,9-10H2,1-2H3. The van der Waals surface area contributed by atoms with E-state index in [0.29, 0.717) is 0 Å². The van der Waals surface area contributed by atoms with E-state index in [0.717, 1.165) is 31.3 Å². The highest BCUT2D eigenvalue weighted by atomic mass is 16.6. The Bertz CT molecular complexity index is 341. The molecule has 108 valence electrons. The van der Waals surface area contributed by atoms with E-state index in [1.807, 2.05) is 6.08 Å². The first kappa shape index (κ1) is 15.7. The summed E-state index contributed by atoms with van der Waals surface area (Å²) in [6.07, 6.45) is 5.75. The van der Waals surface area contributed by atoms with Gasteiger partial charge in [-0.2, -0.15) is 0 Å². The van der Waals surface area contributed by atoms with Crippen LogP contribution in [0.3, 0.4) is 0 Å². The maximum absolute atomic E-state index is 11.9. The summed E-state index contributed by atoms with van der Waals surface area (Å²) in [4.78, 5) is 23.7. The molecule has 0 aromatic heterocycles. The first-order valence-electron chi connectivity index (χ1n) is 6.79. The molecule has 5 heteroatoms. The summed E-state index contributed by atoms with van der Waals surface area (Å²) in [5, 5.41) is 10.4. The minimum absolute atomic E-state index is 0.0370. The molecule has 0 bridgehead atoms. The number of carbonyl (C=O) groups is 2. The Balaban J connectivity index is 2.87. The lowest BCUT2D eigenvalue weighted by Crippen LogP contribution is -2.49. The van der Waals surface area contributed by atoms with Crippen molar-refractivity contribution < 1.29 is 24.2 Å². The Morgan fingerprint density at radius 2 is 1.79 bits per heavy atom. The molecule has 0 aromatic rings. The molecular weight excluding hydrogens is 248 g/mol. The Morgan fingerprint density at radius 3 is 2.21 bits per heavy atom. The van der Waals surface area contributed by atoms with Gasteiger partial charge in [-0.1, -0.05) is 11.6 Å². The van der Waals surface area contributed by atoms with Gasteiger partial charge >= 0.3 is 11.9 Å². The van der Waals surface area contributed by atoms with Gasteiger partial charge in [-0.15, -0.1) is 0 Å². The third-order valence-corrected chi connectivity index (χ3v) is 3.09. The maximum Gasteiger partial charge on any atom is 0.350 e. The fourth-order valence-electron chi connectivity index (χ4n) is 2.12. The monoisotopic (exact) mass is 270 g/mol. The Hall–Kier alpha value is -1.36. The average molecular weight is 270 g/mol. The van der Waals surface area contributed by atoms with Gasteiger partial charge < -0.3 is 14.6 Å². The predicted octanol–water partition coefficient (Wildman–Crippen LogP) is 1.73. The second-order valence-electron chi connectivity index (χ2n) is 4.59. The van der Waals surface area contributed by atoms with Crippen LogP contribution in [-0.2, 0) is 19.1 Å². The third kappa shape index (κ3) is 4.06. The number of hydrogen-bond donors (Lipinski definition) is 1. The van der Waals surface area contributed by atoms with Gasteiger partial charge in [0, 0.05) is 6.42 Å². The van der Waals surface area contributed by atoms with Crippen molar-refractivity contribution in [2.45, 2.75) is 51.6 Å². The van der Waals surface area contributed by atoms with E-state index in [1.165, 1.54) is 0 Å². The first-order chi connectivity index (χ1) is 9.04. The Kier molecular flexibility index (Phi) is 6.02. The zero-order valence-electron chi connectivity index (χ0n) is 11.6.